The zero-order chi connectivity index (χ0) is 11.8. The molecule has 0 saturated carbocycles. The van der Waals surface area contributed by atoms with Gasteiger partial charge in [0.15, 0.2) is 0 Å². The smallest absolute Gasteiger partial charge is 0.299 e. The molecule has 0 atom stereocenters. The van der Waals surface area contributed by atoms with Crippen molar-refractivity contribution in [3.8, 4) is 0 Å². The van der Waals surface area contributed by atoms with Gasteiger partial charge in [0.25, 0.3) is 0 Å². The summed E-state index contributed by atoms with van der Waals surface area (Å²) in [7, 11) is 0. The SMILES string of the molecule is Fc1cc(C(F)(F)F)ccc1CN1CCC1. The van der Waals surface area contributed by atoms with Crippen LogP contribution in [0.4, 0.5) is 17.6 Å². The molecular formula is C11H11F4N. The highest BCUT2D eigenvalue weighted by atomic mass is 19.4. The Bertz CT molecular complexity index is 382. The molecule has 0 spiro atoms. The molecule has 0 bridgehead atoms. The van der Waals surface area contributed by atoms with Gasteiger partial charge in [-0.1, -0.05) is 6.07 Å². The minimum Gasteiger partial charge on any atom is -0.299 e. The van der Waals surface area contributed by atoms with Crippen molar-refractivity contribution in [1.29, 1.82) is 0 Å². The molecule has 16 heavy (non-hydrogen) atoms. The lowest BCUT2D eigenvalue weighted by Gasteiger charge is -2.30. The van der Waals surface area contributed by atoms with Gasteiger partial charge in [-0.15, -0.1) is 0 Å². The lowest BCUT2D eigenvalue weighted by atomic mass is 10.1. The number of rotatable bonds is 2. The van der Waals surface area contributed by atoms with Crippen molar-refractivity contribution in [2.75, 3.05) is 13.1 Å². The third-order valence-corrected chi connectivity index (χ3v) is 2.72. The lowest BCUT2D eigenvalue weighted by Crippen LogP contribution is -2.36. The second-order valence-electron chi connectivity index (χ2n) is 3.93. The van der Waals surface area contributed by atoms with E-state index in [1.165, 1.54) is 6.07 Å². The first-order valence-corrected chi connectivity index (χ1v) is 5.05. The van der Waals surface area contributed by atoms with Crippen LogP contribution in [-0.2, 0) is 12.7 Å². The third kappa shape index (κ3) is 2.35. The fourth-order valence-corrected chi connectivity index (χ4v) is 1.63. The van der Waals surface area contributed by atoms with E-state index >= 15 is 0 Å². The number of hydrogen-bond acceptors (Lipinski definition) is 1. The van der Waals surface area contributed by atoms with Gasteiger partial charge in [-0.25, -0.2) is 4.39 Å². The topological polar surface area (TPSA) is 3.24 Å². The van der Waals surface area contributed by atoms with Gasteiger partial charge in [-0.2, -0.15) is 13.2 Å². The van der Waals surface area contributed by atoms with Gasteiger partial charge in [0, 0.05) is 12.1 Å². The molecule has 0 radical (unpaired) electrons. The summed E-state index contributed by atoms with van der Waals surface area (Å²) < 4.78 is 50.2. The van der Waals surface area contributed by atoms with Crippen molar-refractivity contribution in [1.82, 2.24) is 4.90 Å². The molecule has 1 fully saturated rings. The summed E-state index contributed by atoms with van der Waals surface area (Å²) in [5, 5.41) is 0. The minimum absolute atomic E-state index is 0.327. The van der Waals surface area contributed by atoms with Crippen LogP contribution in [0.2, 0.25) is 0 Å². The Hall–Kier alpha value is -1.10. The zero-order valence-electron chi connectivity index (χ0n) is 8.52. The van der Waals surface area contributed by atoms with E-state index in [1.54, 1.807) is 0 Å². The second-order valence-corrected chi connectivity index (χ2v) is 3.93. The molecule has 88 valence electrons. The van der Waals surface area contributed by atoms with Crippen LogP contribution in [0.25, 0.3) is 0 Å². The summed E-state index contributed by atoms with van der Waals surface area (Å²) in [5.74, 6) is -0.776. The Morgan fingerprint density at radius 1 is 1.19 bits per heavy atom. The van der Waals surface area contributed by atoms with Gasteiger partial charge in [-0.3, -0.25) is 4.90 Å². The Balaban J connectivity index is 2.15. The van der Waals surface area contributed by atoms with E-state index in [1.807, 2.05) is 4.90 Å². The highest BCUT2D eigenvalue weighted by molar-refractivity contribution is 5.26. The first-order chi connectivity index (χ1) is 7.47. The van der Waals surface area contributed by atoms with E-state index in [-0.39, 0.29) is 0 Å². The van der Waals surface area contributed by atoms with E-state index in [0.29, 0.717) is 18.2 Å². The Labute approximate surface area is 90.7 Å². The molecule has 0 aromatic heterocycles. The molecule has 1 aliphatic heterocycles. The second kappa shape index (κ2) is 4.05. The summed E-state index contributed by atoms with van der Waals surface area (Å²) in [6, 6.07) is 2.71. The Kier molecular flexibility index (Phi) is 2.88. The van der Waals surface area contributed by atoms with Crippen LogP contribution >= 0.6 is 0 Å². The maximum atomic E-state index is 13.4. The molecule has 1 saturated heterocycles. The standard InChI is InChI=1S/C11H11F4N/c12-10-6-9(11(13,14)15)3-2-8(10)7-16-4-1-5-16/h2-3,6H,1,4-5,7H2. The van der Waals surface area contributed by atoms with E-state index in [9.17, 15) is 17.6 Å². The molecule has 2 rings (SSSR count). The van der Waals surface area contributed by atoms with E-state index in [4.69, 9.17) is 0 Å². The quantitative estimate of drug-likeness (QED) is 0.709. The number of benzene rings is 1. The molecular weight excluding hydrogens is 222 g/mol. The number of nitrogens with zero attached hydrogens (tertiary/aromatic N) is 1. The first-order valence-electron chi connectivity index (χ1n) is 5.05. The normalized spacial score (nSPS) is 17.2. The van der Waals surface area contributed by atoms with Gasteiger partial charge in [-0.05, 0) is 31.6 Å². The summed E-state index contributed by atoms with van der Waals surface area (Å²) in [5.41, 5.74) is -0.606. The van der Waals surface area contributed by atoms with Crippen molar-refractivity contribution in [2.45, 2.75) is 19.1 Å². The molecule has 1 aliphatic rings. The van der Waals surface area contributed by atoms with Crippen LogP contribution < -0.4 is 0 Å². The predicted molar refractivity (Wildman–Crippen MR) is 51.3 cm³/mol. The summed E-state index contributed by atoms with van der Waals surface area (Å²) in [4.78, 5) is 1.99. The van der Waals surface area contributed by atoms with Crippen LogP contribution in [-0.4, -0.2) is 18.0 Å². The summed E-state index contributed by atoms with van der Waals surface area (Å²) in [6.45, 7) is 2.17. The maximum absolute atomic E-state index is 13.4. The van der Waals surface area contributed by atoms with Gasteiger partial charge in [0.2, 0.25) is 0 Å². The van der Waals surface area contributed by atoms with Gasteiger partial charge in [0.05, 0.1) is 5.56 Å². The average molecular weight is 233 g/mol. The van der Waals surface area contributed by atoms with Gasteiger partial charge in [0.1, 0.15) is 5.82 Å². The fraction of sp³-hybridized carbons (Fsp3) is 0.455. The van der Waals surface area contributed by atoms with E-state index in [2.05, 4.69) is 0 Å². The Morgan fingerprint density at radius 2 is 1.88 bits per heavy atom. The van der Waals surface area contributed by atoms with Gasteiger partial charge < -0.3 is 0 Å². The number of halogens is 4. The van der Waals surface area contributed by atoms with Crippen molar-refractivity contribution >= 4 is 0 Å². The number of likely N-dealkylation sites (tertiary alicyclic amines) is 1. The van der Waals surface area contributed by atoms with Crippen LogP contribution in [0, 0.1) is 5.82 Å². The highest BCUT2D eigenvalue weighted by Gasteiger charge is 2.31. The van der Waals surface area contributed by atoms with Crippen LogP contribution in [0.1, 0.15) is 17.5 Å². The molecule has 0 unspecified atom stereocenters. The molecule has 1 nitrogen and oxygen atoms in total. The molecule has 0 N–H and O–H groups in total. The monoisotopic (exact) mass is 233 g/mol. The maximum Gasteiger partial charge on any atom is 0.416 e. The summed E-state index contributed by atoms with van der Waals surface area (Å²) >= 11 is 0. The van der Waals surface area contributed by atoms with Crippen LogP contribution in [0.3, 0.4) is 0 Å². The largest absolute Gasteiger partial charge is 0.416 e. The minimum atomic E-state index is -4.48. The zero-order valence-corrected chi connectivity index (χ0v) is 8.52. The summed E-state index contributed by atoms with van der Waals surface area (Å²) in [6.07, 6.45) is -3.40. The van der Waals surface area contributed by atoms with E-state index < -0.39 is 17.6 Å². The van der Waals surface area contributed by atoms with E-state index in [0.717, 1.165) is 25.6 Å². The average Bonchev–Trinajstić information content (AvgIpc) is 2.11. The predicted octanol–water partition coefficient (Wildman–Crippen LogP) is 3.05. The van der Waals surface area contributed by atoms with Crippen LogP contribution in [0.5, 0.6) is 0 Å². The van der Waals surface area contributed by atoms with Crippen LogP contribution in [0.15, 0.2) is 18.2 Å². The molecule has 0 amide bonds. The fourth-order valence-electron chi connectivity index (χ4n) is 1.63. The third-order valence-electron chi connectivity index (χ3n) is 2.72. The molecule has 0 aliphatic carbocycles. The highest BCUT2D eigenvalue weighted by Crippen LogP contribution is 2.30. The van der Waals surface area contributed by atoms with Crippen molar-refractivity contribution in [3.05, 3.63) is 35.1 Å². The Morgan fingerprint density at radius 3 is 2.31 bits per heavy atom. The number of alkyl halides is 3. The number of hydrogen-bond donors (Lipinski definition) is 0. The molecule has 1 aromatic carbocycles. The molecule has 5 heteroatoms. The first kappa shape index (κ1) is 11.4. The van der Waals surface area contributed by atoms with Crippen molar-refractivity contribution in [3.63, 3.8) is 0 Å². The molecule has 1 heterocycles. The lowest BCUT2D eigenvalue weighted by molar-refractivity contribution is -0.137. The molecule has 1 aromatic rings. The van der Waals surface area contributed by atoms with Crippen molar-refractivity contribution in [2.24, 2.45) is 0 Å². The van der Waals surface area contributed by atoms with Crippen molar-refractivity contribution < 1.29 is 17.6 Å². The van der Waals surface area contributed by atoms with Gasteiger partial charge >= 0.3 is 6.18 Å².